The van der Waals surface area contributed by atoms with E-state index in [-0.39, 0.29) is 23.5 Å². The predicted molar refractivity (Wildman–Crippen MR) is 103 cm³/mol. The molecule has 2 aliphatic heterocycles. The molecule has 0 bridgehead atoms. The van der Waals surface area contributed by atoms with E-state index < -0.39 is 0 Å². The highest BCUT2D eigenvalue weighted by Gasteiger charge is 2.42. The standard InChI is InChI=1S/C20H27N5O4/c1-13-17(14(2)29-23-13)19(27)25-7-5-20(6-8-25)10-16(4-9-28-20)22-18(26)15-11-21-24(3)12-15/h11-12,16H,4-10H2,1-3H3,(H,22,26). The van der Waals surface area contributed by atoms with Gasteiger partial charge in [-0.25, -0.2) is 0 Å². The first-order chi connectivity index (χ1) is 13.9. The molecule has 4 rings (SSSR count). The van der Waals surface area contributed by atoms with Gasteiger partial charge in [-0.05, 0) is 39.5 Å². The van der Waals surface area contributed by atoms with Crippen molar-refractivity contribution >= 4 is 11.8 Å². The number of carbonyl (C=O) groups is 2. The van der Waals surface area contributed by atoms with Gasteiger partial charge in [0.25, 0.3) is 11.8 Å². The second-order valence-corrected chi connectivity index (χ2v) is 8.09. The van der Waals surface area contributed by atoms with Gasteiger partial charge in [-0.3, -0.25) is 14.3 Å². The maximum absolute atomic E-state index is 12.9. The van der Waals surface area contributed by atoms with Crippen LogP contribution in [0.1, 0.15) is 57.9 Å². The minimum Gasteiger partial charge on any atom is -0.375 e. The summed E-state index contributed by atoms with van der Waals surface area (Å²) in [5.41, 5.74) is 1.46. The number of piperidine rings is 1. The van der Waals surface area contributed by atoms with Crippen LogP contribution in [-0.4, -0.2) is 63.0 Å². The Morgan fingerprint density at radius 3 is 2.66 bits per heavy atom. The van der Waals surface area contributed by atoms with Crippen molar-refractivity contribution in [2.75, 3.05) is 19.7 Å². The Balaban J connectivity index is 1.36. The molecule has 1 spiro atoms. The van der Waals surface area contributed by atoms with E-state index in [0.717, 1.165) is 25.7 Å². The highest BCUT2D eigenvalue weighted by molar-refractivity contribution is 5.96. The van der Waals surface area contributed by atoms with Gasteiger partial charge in [0.2, 0.25) is 0 Å². The zero-order chi connectivity index (χ0) is 20.6. The smallest absolute Gasteiger partial charge is 0.259 e. The normalized spacial score (nSPS) is 21.3. The first-order valence-electron chi connectivity index (χ1n) is 10.0. The molecule has 156 valence electrons. The van der Waals surface area contributed by atoms with E-state index in [1.807, 2.05) is 4.90 Å². The second-order valence-electron chi connectivity index (χ2n) is 8.09. The molecule has 4 heterocycles. The van der Waals surface area contributed by atoms with Crippen molar-refractivity contribution < 1.29 is 18.8 Å². The average Bonchev–Trinajstić information content (AvgIpc) is 3.27. The molecule has 1 unspecified atom stereocenters. The molecule has 1 N–H and O–H groups in total. The molecule has 29 heavy (non-hydrogen) atoms. The van der Waals surface area contributed by atoms with Crippen LogP contribution in [0.2, 0.25) is 0 Å². The van der Waals surface area contributed by atoms with Crippen molar-refractivity contribution in [1.82, 2.24) is 25.2 Å². The highest BCUT2D eigenvalue weighted by Crippen LogP contribution is 2.35. The van der Waals surface area contributed by atoms with Crippen LogP contribution in [0.15, 0.2) is 16.9 Å². The third kappa shape index (κ3) is 3.91. The summed E-state index contributed by atoms with van der Waals surface area (Å²) in [5.74, 6) is 0.416. The van der Waals surface area contributed by atoms with Crippen molar-refractivity contribution in [2.24, 2.45) is 7.05 Å². The van der Waals surface area contributed by atoms with E-state index in [1.165, 1.54) is 0 Å². The number of nitrogens with zero attached hydrogens (tertiary/aromatic N) is 4. The molecule has 2 aliphatic rings. The summed E-state index contributed by atoms with van der Waals surface area (Å²) in [6.45, 7) is 5.39. The van der Waals surface area contributed by atoms with Gasteiger partial charge in [0, 0.05) is 39.0 Å². The van der Waals surface area contributed by atoms with Gasteiger partial charge >= 0.3 is 0 Å². The molecule has 0 aromatic carbocycles. The molecule has 1 atom stereocenters. The lowest BCUT2D eigenvalue weighted by Crippen LogP contribution is -2.54. The summed E-state index contributed by atoms with van der Waals surface area (Å²) in [5, 5.41) is 11.1. The number of aromatic nitrogens is 3. The van der Waals surface area contributed by atoms with E-state index in [9.17, 15) is 9.59 Å². The van der Waals surface area contributed by atoms with Gasteiger partial charge in [0.15, 0.2) is 0 Å². The number of carbonyl (C=O) groups excluding carboxylic acids is 2. The van der Waals surface area contributed by atoms with Crippen LogP contribution in [0.3, 0.4) is 0 Å². The molecular formula is C20H27N5O4. The summed E-state index contributed by atoms with van der Waals surface area (Å²) in [6.07, 6.45) is 6.33. The van der Waals surface area contributed by atoms with Crippen molar-refractivity contribution in [3.63, 3.8) is 0 Å². The van der Waals surface area contributed by atoms with E-state index in [4.69, 9.17) is 9.26 Å². The predicted octanol–water partition coefficient (Wildman–Crippen LogP) is 1.61. The fourth-order valence-corrected chi connectivity index (χ4v) is 4.37. The number of aryl methyl sites for hydroxylation is 3. The lowest BCUT2D eigenvalue weighted by atomic mass is 9.82. The topological polar surface area (TPSA) is 102 Å². The van der Waals surface area contributed by atoms with E-state index in [0.29, 0.717) is 42.3 Å². The Labute approximate surface area is 169 Å². The number of ether oxygens (including phenoxy) is 1. The van der Waals surface area contributed by atoms with E-state index in [2.05, 4.69) is 15.6 Å². The van der Waals surface area contributed by atoms with Gasteiger partial charge in [0.1, 0.15) is 11.3 Å². The van der Waals surface area contributed by atoms with Crippen LogP contribution in [0, 0.1) is 13.8 Å². The van der Waals surface area contributed by atoms with Gasteiger partial charge in [-0.1, -0.05) is 5.16 Å². The van der Waals surface area contributed by atoms with Crippen LogP contribution >= 0.6 is 0 Å². The quantitative estimate of drug-likeness (QED) is 0.838. The van der Waals surface area contributed by atoms with Crippen LogP contribution in [0.4, 0.5) is 0 Å². The Bertz CT molecular complexity index is 890. The summed E-state index contributed by atoms with van der Waals surface area (Å²) < 4.78 is 12.9. The molecule has 2 saturated heterocycles. The maximum atomic E-state index is 12.9. The largest absolute Gasteiger partial charge is 0.375 e. The fraction of sp³-hybridized carbons (Fsp3) is 0.600. The number of hydrogen-bond acceptors (Lipinski definition) is 6. The molecule has 2 aromatic rings. The lowest BCUT2D eigenvalue weighted by molar-refractivity contribution is -0.114. The zero-order valence-corrected chi connectivity index (χ0v) is 17.1. The minimum atomic E-state index is -0.291. The van der Waals surface area contributed by atoms with Gasteiger partial charge < -0.3 is 19.5 Å². The number of hydrogen-bond donors (Lipinski definition) is 1. The number of nitrogens with one attached hydrogen (secondary N) is 1. The second kappa shape index (κ2) is 7.62. The lowest BCUT2D eigenvalue weighted by Gasteiger charge is -2.46. The summed E-state index contributed by atoms with van der Waals surface area (Å²) in [6, 6.07) is 0.0567. The summed E-state index contributed by atoms with van der Waals surface area (Å²) in [7, 11) is 1.79. The summed E-state index contributed by atoms with van der Waals surface area (Å²) in [4.78, 5) is 27.2. The van der Waals surface area contributed by atoms with Crippen LogP contribution < -0.4 is 5.32 Å². The molecule has 2 amide bonds. The van der Waals surface area contributed by atoms with Crippen LogP contribution in [0.5, 0.6) is 0 Å². The fourth-order valence-electron chi connectivity index (χ4n) is 4.37. The van der Waals surface area contributed by atoms with Crippen molar-refractivity contribution in [1.29, 1.82) is 0 Å². The molecule has 9 nitrogen and oxygen atoms in total. The molecule has 0 aliphatic carbocycles. The molecule has 0 saturated carbocycles. The van der Waals surface area contributed by atoms with E-state index in [1.54, 1.807) is 38.0 Å². The van der Waals surface area contributed by atoms with Crippen LogP contribution in [-0.2, 0) is 11.8 Å². The Morgan fingerprint density at radius 2 is 2.03 bits per heavy atom. The van der Waals surface area contributed by atoms with E-state index >= 15 is 0 Å². The Kier molecular flexibility index (Phi) is 5.16. The van der Waals surface area contributed by atoms with Crippen molar-refractivity contribution in [2.45, 2.75) is 51.2 Å². The Morgan fingerprint density at radius 1 is 1.28 bits per heavy atom. The number of rotatable bonds is 3. The molecule has 9 heteroatoms. The van der Waals surface area contributed by atoms with Crippen LogP contribution in [0.25, 0.3) is 0 Å². The first-order valence-corrected chi connectivity index (χ1v) is 10.0. The highest BCUT2D eigenvalue weighted by atomic mass is 16.5. The summed E-state index contributed by atoms with van der Waals surface area (Å²) >= 11 is 0. The van der Waals surface area contributed by atoms with Crippen molar-refractivity contribution in [3.8, 4) is 0 Å². The molecule has 0 radical (unpaired) electrons. The Hall–Kier alpha value is -2.68. The van der Waals surface area contributed by atoms with Crippen molar-refractivity contribution in [3.05, 3.63) is 35.0 Å². The first kappa shape index (κ1) is 19.6. The minimum absolute atomic E-state index is 0.0339. The number of amides is 2. The number of likely N-dealkylation sites (tertiary alicyclic amines) is 1. The van der Waals surface area contributed by atoms with Gasteiger partial charge in [-0.15, -0.1) is 0 Å². The molecule has 2 aromatic heterocycles. The average molecular weight is 401 g/mol. The monoisotopic (exact) mass is 401 g/mol. The van der Waals surface area contributed by atoms with Gasteiger partial charge in [-0.2, -0.15) is 5.10 Å². The SMILES string of the molecule is Cc1noc(C)c1C(=O)N1CCC2(CC1)CC(NC(=O)c1cnn(C)c1)CCO2. The molecular weight excluding hydrogens is 374 g/mol. The third-order valence-corrected chi connectivity index (χ3v) is 6.00. The zero-order valence-electron chi connectivity index (χ0n) is 17.1. The third-order valence-electron chi connectivity index (χ3n) is 6.00. The van der Waals surface area contributed by atoms with Gasteiger partial charge in [0.05, 0.1) is 23.1 Å². The maximum Gasteiger partial charge on any atom is 0.259 e. The molecule has 2 fully saturated rings.